The molecule has 0 saturated carbocycles. The summed E-state index contributed by atoms with van der Waals surface area (Å²) < 4.78 is 32.8. The van der Waals surface area contributed by atoms with Crippen molar-refractivity contribution in [1.29, 1.82) is 0 Å². The van der Waals surface area contributed by atoms with Gasteiger partial charge >= 0.3 is 0 Å². The number of hydrogen-bond donors (Lipinski definition) is 2. The summed E-state index contributed by atoms with van der Waals surface area (Å²) in [5, 5.41) is 0. The number of hydrogen-bond acceptors (Lipinski definition) is 4. The molecular formula is C14H15BrN2O3S. The average molecular weight is 371 g/mol. The van der Waals surface area contributed by atoms with E-state index in [0.717, 1.165) is 11.3 Å². The zero-order valence-corrected chi connectivity index (χ0v) is 13.7. The summed E-state index contributed by atoms with van der Waals surface area (Å²) in [5.41, 5.74) is 6.76. The molecule has 0 saturated heterocycles. The van der Waals surface area contributed by atoms with E-state index < -0.39 is 10.0 Å². The topological polar surface area (TPSA) is 81.4 Å². The highest BCUT2D eigenvalue weighted by Crippen LogP contribution is 2.23. The monoisotopic (exact) mass is 370 g/mol. The van der Waals surface area contributed by atoms with Crippen LogP contribution in [0.2, 0.25) is 0 Å². The molecule has 0 heterocycles. The second-order valence-corrected chi connectivity index (χ2v) is 7.01. The Kier molecular flexibility index (Phi) is 4.87. The van der Waals surface area contributed by atoms with E-state index in [4.69, 9.17) is 10.5 Å². The Balaban J connectivity index is 2.15. The van der Waals surface area contributed by atoms with Gasteiger partial charge in [0.2, 0.25) is 10.0 Å². The lowest BCUT2D eigenvalue weighted by molar-refractivity contribution is 0.414. The number of nitrogens with one attached hydrogen (secondary N) is 1. The molecule has 0 aliphatic heterocycles. The molecule has 21 heavy (non-hydrogen) atoms. The predicted molar refractivity (Wildman–Crippen MR) is 85.6 cm³/mol. The number of halogens is 1. The van der Waals surface area contributed by atoms with Gasteiger partial charge < -0.3 is 10.5 Å². The quantitative estimate of drug-likeness (QED) is 0.792. The predicted octanol–water partition coefficient (Wildman–Crippen LogP) is 2.52. The second-order valence-electron chi connectivity index (χ2n) is 4.35. The van der Waals surface area contributed by atoms with Gasteiger partial charge in [-0.25, -0.2) is 13.1 Å². The molecular weight excluding hydrogens is 356 g/mol. The SMILES string of the molecule is COc1ccc(CNS(=O)(=O)c2cc(Br)ccc2N)cc1. The molecule has 0 spiro atoms. The van der Waals surface area contributed by atoms with Crippen molar-refractivity contribution in [3.63, 3.8) is 0 Å². The van der Waals surface area contributed by atoms with Crippen molar-refractivity contribution >= 4 is 31.6 Å². The summed E-state index contributed by atoms with van der Waals surface area (Å²) in [6, 6.07) is 11.9. The van der Waals surface area contributed by atoms with Gasteiger partial charge in [0.05, 0.1) is 12.8 Å². The molecule has 2 aromatic carbocycles. The first-order valence-corrected chi connectivity index (χ1v) is 8.37. The lowest BCUT2D eigenvalue weighted by Crippen LogP contribution is -2.24. The average Bonchev–Trinajstić information content (AvgIpc) is 2.48. The molecule has 3 N–H and O–H groups in total. The summed E-state index contributed by atoms with van der Waals surface area (Å²) in [4.78, 5) is 0.0605. The van der Waals surface area contributed by atoms with Crippen LogP contribution >= 0.6 is 15.9 Å². The van der Waals surface area contributed by atoms with E-state index in [1.807, 2.05) is 0 Å². The van der Waals surface area contributed by atoms with Crippen LogP contribution < -0.4 is 15.2 Å². The zero-order valence-electron chi connectivity index (χ0n) is 11.3. The largest absolute Gasteiger partial charge is 0.497 e. The zero-order chi connectivity index (χ0) is 15.5. The molecule has 5 nitrogen and oxygen atoms in total. The third kappa shape index (κ3) is 3.96. The Hall–Kier alpha value is -1.57. The van der Waals surface area contributed by atoms with Gasteiger partial charge in [-0.05, 0) is 35.9 Å². The van der Waals surface area contributed by atoms with Gasteiger partial charge in [0.15, 0.2) is 0 Å². The first-order chi connectivity index (χ1) is 9.92. The standard InChI is InChI=1S/C14H15BrN2O3S/c1-20-12-5-2-10(3-6-12)9-17-21(18,19)14-8-11(15)4-7-13(14)16/h2-8,17H,9,16H2,1H3. The summed E-state index contributed by atoms with van der Waals surface area (Å²) >= 11 is 3.24. The van der Waals surface area contributed by atoms with Crippen LogP contribution in [0, 0.1) is 0 Å². The number of nitrogens with two attached hydrogens (primary N) is 1. The number of methoxy groups -OCH3 is 1. The van der Waals surface area contributed by atoms with Crippen LogP contribution in [-0.4, -0.2) is 15.5 Å². The molecule has 0 amide bonds. The van der Waals surface area contributed by atoms with E-state index in [1.165, 1.54) is 6.07 Å². The van der Waals surface area contributed by atoms with E-state index in [0.29, 0.717) is 4.47 Å². The molecule has 2 aromatic rings. The van der Waals surface area contributed by atoms with E-state index in [1.54, 1.807) is 43.5 Å². The second kappa shape index (κ2) is 6.46. The highest BCUT2D eigenvalue weighted by atomic mass is 79.9. The molecule has 0 atom stereocenters. The van der Waals surface area contributed by atoms with Crippen molar-refractivity contribution in [2.24, 2.45) is 0 Å². The normalized spacial score (nSPS) is 11.3. The van der Waals surface area contributed by atoms with Crippen molar-refractivity contribution in [2.75, 3.05) is 12.8 Å². The van der Waals surface area contributed by atoms with Crippen LogP contribution in [0.3, 0.4) is 0 Å². The third-order valence-corrected chi connectivity index (χ3v) is 4.84. The molecule has 0 radical (unpaired) electrons. The maximum absolute atomic E-state index is 12.3. The lowest BCUT2D eigenvalue weighted by atomic mass is 10.2. The van der Waals surface area contributed by atoms with Gasteiger partial charge in [0.1, 0.15) is 10.6 Å². The Labute approximate surface area is 132 Å². The number of rotatable bonds is 5. The van der Waals surface area contributed by atoms with Crippen molar-refractivity contribution in [3.05, 3.63) is 52.5 Å². The van der Waals surface area contributed by atoms with Gasteiger partial charge in [-0.3, -0.25) is 0 Å². The van der Waals surface area contributed by atoms with Gasteiger partial charge in [-0.15, -0.1) is 0 Å². The minimum atomic E-state index is -3.66. The van der Waals surface area contributed by atoms with Crippen LogP contribution in [0.1, 0.15) is 5.56 Å². The van der Waals surface area contributed by atoms with E-state index in [9.17, 15) is 8.42 Å². The summed E-state index contributed by atoms with van der Waals surface area (Å²) in [6.45, 7) is 0.179. The number of sulfonamides is 1. The molecule has 0 fully saturated rings. The van der Waals surface area contributed by atoms with Crippen LogP contribution in [0.4, 0.5) is 5.69 Å². The molecule has 0 unspecified atom stereocenters. The maximum Gasteiger partial charge on any atom is 0.242 e. The first kappa shape index (κ1) is 15.8. The van der Waals surface area contributed by atoms with Crippen molar-refractivity contribution in [1.82, 2.24) is 4.72 Å². The number of ether oxygens (including phenoxy) is 1. The van der Waals surface area contributed by atoms with Crippen LogP contribution in [0.5, 0.6) is 5.75 Å². The highest BCUT2D eigenvalue weighted by Gasteiger charge is 2.17. The fourth-order valence-electron chi connectivity index (χ4n) is 1.74. The van der Waals surface area contributed by atoms with Gasteiger partial charge in [-0.2, -0.15) is 0 Å². The summed E-state index contributed by atoms with van der Waals surface area (Å²) in [7, 11) is -2.09. The van der Waals surface area contributed by atoms with E-state index >= 15 is 0 Å². The molecule has 0 aliphatic rings. The summed E-state index contributed by atoms with van der Waals surface area (Å²) in [5.74, 6) is 0.720. The number of nitrogen functional groups attached to an aromatic ring is 1. The van der Waals surface area contributed by atoms with E-state index in [-0.39, 0.29) is 17.1 Å². The Morgan fingerprint density at radius 3 is 2.48 bits per heavy atom. The minimum Gasteiger partial charge on any atom is -0.497 e. The van der Waals surface area contributed by atoms with Crippen molar-refractivity contribution < 1.29 is 13.2 Å². The third-order valence-electron chi connectivity index (χ3n) is 2.89. The smallest absolute Gasteiger partial charge is 0.242 e. The van der Waals surface area contributed by atoms with Crippen molar-refractivity contribution in [2.45, 2.75) is 11.4 Å². The van der Waals surface area contributed by atoms with Crippen molar-refractivity contribution in [3.8, 4) is 5.75 Å². The number of benzene rings is 2. The molecule has 0 bridgehead atoms. The van der Waals surface area contributed by atoms with E-state index in [2.05, 4.69) is 20.7 Å². The molecule has 0 aliphatic carbocycles. The van der Waals surface area contributed by atoms with Crippen LogP contribution in [0.25, 0.3) is 0 Å². The molecule has 2 rings (SSSR count). The fraction of sp³-hybridized carbons (Fsp3) is 0.143. The first-order valence-electron chi connectivity index (χ1n) is 6.10. The van der Waals surface area contributed by atoms with Gasteiger partial charge in [0, 0.05) is 11.0 Å². The van der Waals surface area contributed by atoms with Crippen LogP contribution in [-0.2, 0) is 16.6 Å². The Morgan fingerprint density at radius 1 is 1.19 bits per heavy atom. The Bertz CT molecular complexity index is 730. The fourth-order valence-corrected chi connectivity index (χ4v) is 3.43. The summed E-state index contributed by atoms with van der Waals surface area (Å²) in [6.07, 6.45) is 0. The molecule has 7 heteroatoms. The minimum absolute atomic E-state index is 0.0605. The maximum atomic E-state index is 12.3. The highest BCUT2D eigenvalue weighted by molar-refractivity contribution is 9.10. The molecule has 112 valence electrons. The van der Waals surface area contributed by atoms with Gasteiger partial charge in [0.25, 0.3) is 0 Å². The van der Waals surface area contributed by atoms with Crippen LogP contribution in [0.15, 0.2) is 51.8 Å². The van der Waals surface area contributed by atoms with Gasteiger partial charge in [-0.1, -0.05) is 28.1 Å². The molecule has 0 aromatic heterocycles. The Morgan fingerprint density at radius 2 is 1.86 bits per heavy atom. The number of anilines is 1. The lowest BCUT2D eigenvalue weighted by Gasteiger charge is -2.10.